The minimum Gasteiger partial charge on any atom is -0.507 e. The molecule has 1 aliphatic rings. The molecule has 1 amide bonds. The first-order chi connectivity index (χ1) is 20.4. The number of aromatic hydroxyl groups is 1. The summed E-state index contributed by atoms with van der Waals surface area (Å²) in [4.78, 5) is 31.1. The first-order valence-corrected chi connectivity index (χ1v) is 15.5. The summed E-state index contributed by atoms with van der Waals surface area (Å²) in [6, 6.07) is 14.6. The number of aliphatic imine (C=N–C) groups is 1. The zero-order valence-corrected chi connectivity index (χ0v) is 25.6. The van der Waals surface area contributed by atoms with Gasteiger partial charge in [0, 0.05) is 29.9 Å². The van der Waals surface area contributed by atoms with Gasteiger partial charge in [-0.1, -0.05) is 57.7 Å². The maximum atomic E-state index is 12.5. The van der Waals surface area contributed by atoms with Gasteiger partial charge in [-0.25, -0.2) is 0 Å². The average molecular weight is 590 g/mol. The second kappa shape index (κ2) is 17.1. The number of amidine groups is 1. The number of amides is 1. The number of nitrogens with one attached hydrogen (secondary N) is 3. The topological polar surface area (TPSA) is 133 Å². The van der Waals surface area contributed by atoms with Crippen LogP contribution in [0.5, 0.6) is 5.75 Å². The van der Waals surface area contributed by atoms with Gasteiger partial charge in [0.05, 0.1) is 17.0 Å². The van der Waals surface area contributed by atoms with E-state index in [-0.39, 0.29) is 17.7 Å². The van der Waals surface area contributed by atoms with E-state index in [0.717, 1.165) is 52.7 Å². The Morgan fingerprint density at radius 2 is 1.93 bits per heavy atom. The minimum absolute atomic E-state index is 0.00810. The van der Waals surface area contributed by atoms with Crippen LogP contribution in [0.1, 0.15) is 83.2 Å². The van der Waals surface area contributed by atoms with Crippen LogP contribution >= 0.6 is 11.3 Å². The van der Waals surface area contributed by atoms with Gasteiger partial charge in [-0.15, -0.1) is 11.3 Å². The molecule has 2 aromatic carbocycles. The molecule has 5 rings (SSSR count). The van der Waals surface area contributed by atoms with E-state index in [0.29, 0.717) is 23.5 Å². The third-order valence-electron chi connectivity index (χ3n) is 6.81. The van der Waals surface area contributed by atoms with Gasteiger partial charge < -0.3 is 26.5 Å². The zero-order valence-electron chi connectivity index (χ0n) is 24.8. The maximum Gasteiger partial charge on any atom is 0.255 e. The number of phenols is 1. The molecule has 6 N–H and O–H groups in total. The number of thiophene rings is 1. The van der Waals surface area contributed by atoms with Crippen molar-refractivity contribution in [3.63, 3.8) is 0 Å². The lowest BCUT2D eigenvalue weighted by atomic mass is 9.97. The molecular formula is C33H43N5O3S. The van der Waals surface area contributed by atoms with Crippen LogP contribution in [0.4, 0.5) is 0 Å². The highest BCUT2D eigenvalue weighted by atomic mass is 32.1. The van der Waals surface area contributed by atoms with Crippen molar-refractivity contribution in [1.29, 1.82) is 0 Å². The number of carbonyl (C=O) groups is 2. The number of aldehydes is 1. The van der Waals surface area contributed by atoms with Crippen molar-refractivity contribution in [2.75, 3.05) is 13.1 Å². The lowest BCUT2D eigenvalue weighted by molar-refractivity contribution is 0.0938. The van der Waals surface area contributed by atoms with Crippen LogP contribution in [0.25, 0.3) is 10.9 Å². The van der Waals surface area contributed by atoms with Gasteiger partial charge in [0.25, 0.3) is 5.91 Å². The number of hydrogen-bond acceptors (Lipinski definition) is 6. The number of hydrogen-bond donors (Lipinski definition) is 5. The number of phenolic OH excluding ortho intramolecular Hbond substituents is 1. The molecule has 224 valence electrons. The van der Waals surface area contributed by atoms with E-state index < -0.39 is 0 Å². The van der Waals surface area contributed by atoms with E-state index in [1.807, 2.05) is 54.9 Å². The number of nitrogens with zero attached hydrogens (tertiary/aromatic N) is 1. The van der Waals surface area contributed by atoms with Crippen molar-refractivity contribution in [3.05, 3.63) is 87.2 Å². The predicted molar refractivity (Wildman–Crippen MR) is 174 cm³/mol. The molecule has 1 unspecified atom stereocenters. The average Bonchev–Trinajstić information content (AvgIpc) is 3.71. The summed E-state index contributed by atoms with van der Waals surface area (Å²) in [5.74, 6) is 0.185. The number of benzene rings is 2. The maximum absolute atomic E-state index is 12.5. The van der Waals surface area contributed by atoms with Crippen LogP contribution in [0.2, 0.25) is 0 Å². The van der Waals surface area contributed by atoms with Crippen molar-refractivity contribution in [1.82, 2.24) is 15.6 Å². The number of nitrogens with two attached hydrogens (primary N) is 1. The van der Waals surface area contributed by atoms with Gasteiger partial charge in [0.15, 0.2) is 0 Å². The van der Waals surface area contributed by atoms with Crippen molar-refractivity contribution < 1.29 is 14.7 Å². The summed E-state index contributed by atoms with van der Waals surface area (Å²) in [6.07, 6.45) is 9.10. The SMILES string of the molecule is CC(CN=C(N)c1cccs1)NC(=O)c1cc2c(cc1O)CNCC2.CCCCCC.O=Cc1ccc2cc[nH]c2c1. The third kappa shape index (κ3) is 9.85. The van der Waals surface area contributed by atoms with Crippen LogP contribution in [0, 0.1) is 0 Å². The quantitative estimate of drug-likeness (QED) is 0.0687. The number of aromatic nitrogens is 1. The molecule has 42 heavy (non-hydrogen) atoms. The highest BCUT2D eigenvalue weighted by molar-refractivity contribution is 7.12. The standard InChI is InChI=1S/C18H22N4O2S.C9H7NO.C6H14/c1-11(9-21-17(19)16-3-2-6-25-16)22-18(24)14-7-12-4-5-20-10-13(12)8-15(14)23;11-6-7-1-2-8-3-4-10-9(8)5-7;1-3-5-6-4-2/h2-3,6-8,11,20,23H,4-5,9-10H2,1H3,(H2,19,21)(H,22,24);1-6,10H;3-6H2,1-2H3. The Morgan fingerprint density at radius 1 is 1.14 bits per heavy atom. The predicted octanol–water partition coefficient (Wildman–Crippen LogP) is 6.19. The van der Waals surface area contributed by atoms with Crippen LogP contribution in [0.3, 0.4) is 0 Å². The molecule has 0 saturated carbocycles. The molecule has 0 spiro atoms. The zero-order chi connectivity index (χ0) is 30.3. The first-order valence-electron chi connectivity index (χ1n) is 14.6. The minimum atomic E-state index is -0.295. The van der Waals surface area contributed by atoms with Crippen LogP contribution in [-0.2, 0) is 13.0 Å². The molecule has 1 atom stereocenters. The molecule has 3 heterocycles. The Hall–Kier alpha value is -3.95. The molecular weight excluding hydrogens is 546 g/mol. The van der Waals surface area contributed by atoms with Gasteiger partial charge in [-0.05, 0) is 72.1 Å². The monoisotopic (exact) mass is 589 g/mol. The summed E-state index contributed by atoms with van der Waals surface area (Å²) >= 11 is 1.53. The molecule has 0 saturated heterocycles. The lowest BCUT2D eigenvalue weighted by Crippen LogP contribution is -2.35. The number of rotatable bonds is 9. The van der Waals surface area contributed by atoms with Crippen LogP contribution < -0.4 is 16.4 Å². The molecule has 0 aliphatic carbocycles. The van der Waals surface area contributed by atoms with E-state index in [2.05, 4.69) is 34.5 Å². The smallest absolute Gasteiger partial charge is 0.255 e. The Bertz CT molecular complexity index is 1440. The summed E-state index contributed by atoms with van der Waals surface area (Å²) < 4.78 is 0. The highest BCUT2D eigenvalue weighted by Gasteiger charge is 2.18. The number of carbonyl (C=O) groups excluding carboxylic acids is 2. The van der Waals surface area contributed by atoms with E-state index in [1.54, 1.807) is 12.1 Å². The van der Waals surface area contributed by atoms with Crippen molar-refractivity contribution in [2.45, 2.75) is 65.5 Å². The molecule has 2 aromatic heterocycles. The van der Waals surface area contributed by atoms with Crippen molar-refractivity contribution in [2.24, 2.45) is 10.7 Å². The normalized spacial score (nSPS) is 13.2. The Morgan fingerprint density at radius 3 is 2.62 bits per heavy atom. The largest absolute Gasteiger partial charge is 0.507 e. The lowest BCUT2D eigenvalue weighted by Gasteiger charge is -2.19. The Kier molecular flexibility index (Phi) is 13.3. The van der Waals surface area contributed by atoms with Gasteiger partial charge in [0.2, 0.25) is 0 Å². The Labute approximate surface area is 252 Å². The van der Waals surface area contributed by atoms with E-state index in [9.17, 15) is 14.7 Å². The van der Waals surface area contributed by atoms with Gasteiger partial charge >= 0.3 is 0 Å². The molecule has 8 nitrogen and oxygen atoms in total. The van der Waals surface area contributed by atoms with E-state index >= 15 is 0 Å². The highest BCUT2D eigenvalue weighted by Crippen LogP contribution is 2.25. The van der Waals surface area contributed by atoms with Crippen molar-refractivity contribution in [3.8, 4) is 5.75 Å². The van der Waals surface area contributed by atoms with Crippen molar-refractivity contribution >= 4 is 40.3 Å². The molecule has 4 aromatic rings. The summed E-state index contributed by atoms with van der Waals surface area (Å²) in [6.45, 7) is 8.31. The second-order valence-electron chi connectivity index (χ2n) is 10.3. The Balaban J connectivity index is 0.000000233. The van der Waals surface area contributed by atoms with Gasteiger partial charge in [-0.2, -0.15) is 0 Å². The number of unbranched alkanes of at least 4 members (excludes halogenated alkanes) is 3. The molecule has 1 aliphatic heterocycles. The summed E-state index contributed by atoms with van der Waals surface area (Å²) in [5.41, 5.74) is 10.1. The molecule has 0 fully saturated rings. The fraction of sp³-hybridized carbons (Fsp3) is 0.364. The van der Waals surface area contributed by atoms with Crippen LogP contribution in [0.15, 0.2) is 65.1 Å². The third-order valence-corrected chi connectivity index (χ3v) is 7.70. The van der Waals surface area contributed by atoms with E-state index in [4.69, 9.17) is 5.73 Å². The molecule has 9 heteroatoms. The number of fused-ring (bicyclic) bond motifs is 2. The number of H-pyrrole nitrogens is 1. The first kappa shape index (κ1) is 32.6. The van der Waals surface area contributed by atoms with Crippen LogP contribution in [-0.4, -0.2) is 47.3 Å². The fourth-order valence-electron chi connectivity index (χ4n) is 4.43. The van der Waals surface area contributed by atoms with Gasteiger partial charge in [-0.3, -0.25) is 14.6 Å². The molecule has 0 radical (unpaired) electrons. The fourth-order valence-corrected chi connectivity index (χ4v) is 5.07. The number of aromatic amines is 1. The van der Waals surface area contributed by atoms with E-state index in [1.165, 1.54) is 37.0 Å². The molecule has 0 bridgehead atoms. The van der Waals surface area contributed by atoms with Gasteiger partial charge in [0.1, 0.15) is 17.9 Å². The summed E-state index contributed by atoms with van der Waals surface area (Å²) in [5, 5.41) is 19.4. The second-order valence-corrected chi connectivity index (χ2v) is 11.2. The summed E-state index contributed by atoms with van der Waals surface area (Å²) in [7, 11) is 0.